The number of rotatable bonds is 0. The molecule has 70 valence electrons. The molecule has 0 bridgehead atoms. The summed E-state index contributed by atoms with van der Waals surface area (Å²) in [5, 5.41) is 19.5. The van der Waals surface area contributed by atoms with E-state index in [4.69, 9.17) is 0 Å². The van der Waals surface area contributed by atoms with Gasteiger partial charge in [0, 0.05) is 0 Å². The predicted octanol–water partition coefficient (Wildman–Crippen LogP) is 1.33. The van der Waals surface area contributed by atoms with E-state index in [2.05, 4.69) is 0 Å². The molecule has 0 aromatic rings. The van der Waals surface area contributed by atoms with E-state index in [9.17, 15) is 10.2 Å². The minimum absolute atomic E-state index is 0.0602. The number of hydrogen-bond donors (Lipinski definition) is 2. The van der Waals surface area contributed by atoms with Crippen LogP contribution >= 0.6 is 0 Å². The molecule has 0 aliphatic heterocycles. The van der Waals surface area contributed by atoms with Crippen molar-refractivity contribution in [1.82, 2.24) is 0 Å². The van der Waals surface area contributed by atoms with Crippen molar-refractivity contribution >= 4 is 0 Å². The van der Waals surface area contributed by atoms with Gasteiger partial charge in [0.05, 0.1) is 11.7 Å². The molecule has 0 aromatic carbocycles. The average molecular weight is 170 g/mol. The second-order valence-electron chi connectivity index (χ2n) is 4.57. The van der Waals surface area contributed by atoms with Gasteiger partial charge in [-0.15, -0.1) is 0 Å². The lowest BCUT2D eigenvalue weighted by atomic mass is 9.64. The molecule has 2 N–H and O–H groups in total. The molecular weight excluding hydrogens is 152 g/mol. The molecule has 0 spiro atoms. The van der Waals surface area contributed by atoms with Gasteiger partial charge < -0.3 is 10.2 Å². The Morgan fingerprint density at radius 1 is 1.25 bits per heavy atom. The molecule has 1 aliphatic rings. The fourth-order valence-corrected chi connectivity index (χ4v) is 1.69. The van der Waals surface area contributed by atoms with Crippen LogP contribution in [0.1, 0.15) is 27.7 Å². The van der Waals surface area contributed by atoms with Gasteiger partial charge in [0.15, 0.2) is 0 Å². The standard InChI is InChI=1S/C10H18O2/c1-7-9(2,3)8(11)5-6-10(7,4)12/h5-8,11-12H,1-4H3/t7-,8+,10+/m0/s1. The largest absolute Gasteiger partial charge is 0.388 e. The van der Waals surface area contributed by atoms with Crippen molar-refractivity contribution in [1.29, 1.82) is 0 Å². The Hall–Kier alpha value is -0.340. The zero-order chi connectivity index (χ0) is 9.57. The summed E-state index contributed by atoms with van der Waals surface area (Å²) in [5.41, 5.74) is -1.04. The molecule has 0 unspecified atom stereocenters. The van der Waals surface area contributed by atoms with Crippen LogP contribution in [0.2, 0.25) is 0 Å². The lowest BCUT2D eigenvalue weighted by Crippen LogP contribution is -2.49. The summed E-state index contributed by atoms with van der Waals surface area (Å²) in [7, 11) is 0. The summed E-state index contributed by atoms with van der Waals surface area (Å²) < 4.78 is 0. The number of hydrogen-bond acceptors (Lipinski definition) is 2. The molecule has 0 saturated heterocycles. The van der Waals surface area contributed by atoms with Crippen LogP contribution in [0, 0.1) is 11.3 Å². The molecule has 1 aliphatic carbocycles. The van der Waals surface area contributed by atoms with Gasteiger partial charge in [-0.25, -0.2) is 0 Å². The lowest BCUT2D eigenvalue weighted by Gasteiger charge is -2.45. The first kappa shape index (κ1) is 9.75. The summed E-state index contributed by atoms with van der Waals surface area (Å²) in [6.07, 6.45) is 2.92. The van der Waals surface area contributed by atoms with Crippen LogP contribution in [0.3, 0.4) is 0 Å². The van der Waals surface area contributed by atoms with Crippen molar-refractivity contribution in [2.45, 2.75) is 39.4 Å². The van der Waals surface area contributed by atoms with Gasteiger partial charge in [-0.3, -0.25) is 0 Å². The molecular formula is C10H18O2. The van der Waals surface area contributed by atoms with Crippen LogP contribution in [-0.2, 0) is 0 Å². The lowest BCUT2D eigenvalue weighted by molar-refractivity contribution is -0.0634. The van der Waals surface area contributed by atoms with Crippen molar-refractivity contribution in [3.05, 3.63) is 12.2 Å². The zero-order valence-electron chi connectivity index (χ0n) is 8.20. The number of aliphatic hydroxyl groups excluding tert-OH is 1. The van der Waals surface area contributed by atoms with Gasteiger partial charge in [-0.05, 0) is 18.3 Å². The molecule has 1 rings (SSSR count). The Balaban J connectivity index is 3.02. The molecule has 0 saturated carbocycles. The van der Waals surface area contributed by atoms with E-state index in [1.807, 2.05) is 20.8 Å². The fourth-order valence-electron chi connectivity index (χ4n) is 1.69. The SMILES string of the molecule is C[C@H]1C(C)(C)[C@H](O)C=C[C@@]1(C)O. The van der Waals surface area contributed by atoms with Crippen molar-refractivity contribution in [3.8, 4) is 0 Å². The normalized spacial score (nSPS) is 46.2. The first-order valence-corrected chi connectivity index (χ1v) is 4.38. The van der Waals surface area contributed by atoms with Crippen LogP contribution in [-0.4, -0.2) is 21.9 Å². The fraction of sp³-hybridized carbons (Fsp3) is 0.800. The average Bonchev–Trinajstić information content (AvgIpc) is 1.96. The highest BCUT2D eigenvalue weighted by Crippen LogP contribution is 2.42. The summed E-state index contributed by atoms with van der Waals surface area (Å²) in [5.74, 6) is 0.0602. The summed E-state index contributed by atoms with van der Waals surface area (Å²) in [6.45, 7) is 7.69. The van der Waals surface area contributed by atoms with Crippen LogP contribution in [0.4, 0.5) is 0 Å². The molecule has 0 heterocycles. The Bertz CT molecular complexity index is 204. The highest BCUT2D eigenvalue weighted by Gasteiger charge is 2.44. The summed E-state index contributed by atoms with van der Waals surface area (Å²) in [4.78, 5) is 0. The Morgan fingerprint density at radius 3 is 2.17 bits per heavy atom. The van der Waals surface area contributed by atoms with Crippen LogP contribution < -0.4 is 0 Å². The third kappa shape index (κ3) is 1.29. The minimum Gasteiger partial charge on any atom is -0.388 e. The van der Waals surface area contributed by atoms with Gasteiger partial charge in [-0.2, -0.15) is 0 Å². The molecule has 2 nitrogen and oxygen atoms in total. The monoisotopic (exact) mass is 170 g/mol. The molecule has 0 amide bonds. The van der Waals surface area contributed by atoms with Crippen LogP contribution in [0.25, 0.3) is 0 Å². The minimum atomic E-state index is -0.789. The van der Waals surface area contributed by atoms with E-state index in [0.29, 0.717) is 0 Å². The van der Waals surface area contributed by atoms with Crippen LogP contribution in [0.15, 0.2) is 12.2 Å². The zero-order valence-corrected chi connectivity index (χ0v) is 8.20. The predicted molar refractivity (Wildman–Crippen MR) is 48.7 cm³/mol. The maximum absolute atomic E-state index is 9.90. The molecule has 2 heteroatoms. The van der Waals surface area contributed by atoms with Gasteiger partial charge in [0.1, 0.15) is 0 Å². The summed E-state index contributed by atoms with van der Waals surface area (Å²) >= 11 is 0. The first-order valence-electron chi connectivity index (χ1n) is 4.38. The van der Waals surface area contributed by atoms with Crippen molar-refractivity contribution in [2.24, 2.45) is 11.3 Å². The van der Waals surface area contributed by atoms with E-state index in [1.165, 1.54) is 0 Å². The Morgan fingerprint density at radius 2 is 1.75 bits per heavy atom. The van der Waals surface area contributed by atoms with Gasteiger partial charge in [-0.1, -0.05) is 32.9 Å². The van der Waals surface area contributed by atoms with Crippen molar-refractivity contribution in [3.63, 3.8) is 0 Å². The highest BCUT2D eigenvalue weighted by molar-refractivity contribution is 5.15. The van der Waals surface area contributed by atoms with E-state index < -0.39 is 11.7 Å². The van der Waals surface area contributed by atoms with Gasteiger partial charge >= 0.3 is 0 Å². The second-order valence-corrected chi connectivity index (χ2v) is 4.57. The van der Waals surface area contributed by atoms with E-state index >= 15 is 0 Å². The highest BCUT2D eigenvalue weighted by atomic mass is 16.3. The van der Waals surface area contributed by atoms with Gasteiger partial charge in [0.2, 0.25) is 0 Å². The Kier molecular flexibility index (Phi) is 2.09. The first-order chi connectivity index (χ1) is 5.28. The van der Waals surface area contributed by atoms with Gasteiger partial charge in [0.25, 0.3) is 0 Å². The third-order valence-electron chi connectivity index (χ3n) is 3.37. The molecule has 0 fully saturated rings. The van der Waals surface area contributed by atoms with Crippen molar-refractivity contribution in [2.75, 3.05) is 0 Å². The molecule has 0 aromatic heterocycles. The second kappa shape index (κ2) is 2.57. The number of aliphatic hydroxyl groups is 2. The quantitative estimate of drug-likeness (QED) is 0.538. The van der Waals surface area contributed by atoms with Crippen LogP contribution in [0.5, 0.6) is 0 Å². The smallest absolute Gasteiger partial charge is 0.0832 e. The molecule has 0 radical (unpaired) electrons. The maximum Gasteiger partial charge on any atom is 0.0832 e. The third-order valence-corrected chi connectivity index (χ3v) is 3.37. The Labute approximate surface area is 73.9 Å². The summed E-state index contributed by atoms with van der Waals surface area (Å²) in [6, 6.07) is 0. The molecule has 3 atom stereocenters. The van der Waals surface area contributed by atoms with E-state index in [-0.39, 0.29) is 11.3 Å². The van der Waals surface area contributed by atoms with E-state index in [1.54, 1.807) is 19.1 Å². The topological polar surface area (TPSA) is 40.5 Å². The molecule has 12 heavy (non-hydrogen) atoms. The van der Waals surface area contributed by atoms with E-state index in [0.717, 1.165) is 0 Å². The maximum atomic E-state index is 9.90. The van der Waals surface area contributed by atoms with Crippen molar-refractivity contribution < 1.29 is 10.2 Å².